The topological polar surface area (TPSA) is 83.6 Å². The Balaban J connectivity index is 1.70. The van der Waals surface area contributed by atoms with Gasteiger partial charge in [-0.25, -0.2) is 9.97 Å². The predicted octanol–water partition coefficient (Wildman–Crippen LogP) is 3.03. The molecule has 0 fully saturated rings. The second-order valence-corrected chi connectivity index (χ2v) is 6.16. The summed E-state index contributed by atoms with van der Waals surface area (Å²) in [6.07, 6.45) is 3.48. The van der Waals surface area contributed by atoms with Crippen molar-refractivity contribution in [1.82, 2.24) is 19.9 Å². The van der Waals surface area contributed by atoms with Crippen molar-refractivity contribution in [2.75, 3.05) is 5.32 Å². The first kappa shape index (κ1) is 16.2. The normalized spacial score (nSPS) is 11.9. The van der Waals surface area contributed by atoms with Gasteiger partial charge in [-0.15, -0.1) is 11.8 Å². The molecule has 0 radical (unpaired) electrons. The van der Waals surface area contributed by atoms with Gasteiger partial charge in [0.25, 0.3) is 5.56 Å². The molecule has 122 valence electrons. The molecule has 1 atom stereocenters. The smallest absolute Gasteiger partial charge is 0.252 e. The van der Waals surface area contributed by atoms with Crippen LogP contribution in [0.15, 0.2) is 64.7 Å². The molecule has 3 aromatic rings. The van der Waals surface area contributed by atoms with Crippen molar-refractivity contribution in [3.05, 3.63) is 76.6 Å². The Labute approximate surface area is 143 Å². The number of hydrogen-bond donors (Lipinski definition) is 2. The van der Waals surface area contributed by atoms with Crippen molar-refractivity contribution >= 4 is 17.7 Å². The lowest BCUT2D eigenvalue weighted by atomic mass is 10.2. The molecule has 0 aliphatic rings. The van der Waals surface area contributed by atoms with E-state index in [1.54, 1.807) is 12.4 Å². The van der Waals surface area contributed by atoms with Crippen LogP contribution in [-0.4, -0.2) is 19.9 Å². The molecule has 0 saturated carbocycles. The van der Waals surface area contributed by atoms with E-state index < -0.39 is 0 Å². The highest BCUT2D eigenvalue weighted by Crippen LogP contribution is 2.19. The molecule has 0 saturated heterocycles. The number of rotatable bonds is 6. The van der Waals surface area contributed by atoms with Gasteiger partial charge in [0.1, 0.15) is 0 Å². The van der Waals surface area contributed by atoms with Crippen LogP contribution >= 0.6 is 11.8 Å². The van der Waals surface area contributed by atoms with Gasteiger partial charge in [0.15, 0.2) is 0 Å². The van der Waals surface area contributed by atoms with Crippen molar-refractivity contribution in [3.63, 3.8) is 0 Å². The number of nitrogens with zero attached hydrogens (tertiary/aromatic N) is 3. The van der Waals surface area contributed by atoms with Crippen molar-refractivity contribution in [1.29, 1.82) is 0 Å². The second kappa shape index (κ2) is 7.74. The molecule has 0 amide bonds. The Morgan fingerprint density at radius 1 is 1.17 bits per heavy atom. The van der Waals surface area contributed by atoms with Crippen LogP contribution in [0.2, 0.25) is 0 Å². The van der Waals surface area contributed by atoms with E-state index >= 15 is 0 Å². The van der Waals surface area contributed by atoms with Gasteiger partial charge in [0.05, 0.1) is 22.5 Å². The highest BCUT2D eigenvalue weighted by atomic mass is 32.2. The summed E-state index contributed by atoms with van der Waals surface area (Å²) in [5.41, 5.74) is 1.40. The summed E-state index contributed by atoms with van der Waals surface area (Å²) in [6.45, 7) is 1.97. The molecule has 24 heavy (non-hydrogen) atoms. The maximum absolute atomic E-state index is 11.9. The summed E-state index contributed by atoms with van der Waals surface area (Å²) in [5, 5.41) is 4.08. The number of pyridine rings is 2. The average molecular weight is 339 g/mol. The number of H-pyrrole nitrogens is 1. The largest absolute Gasteiger partial charge is 0.348 e. The van der Waals surface area contributed by atoms with E-state index in [0.717, 1.165) is 10.7 Å². The van der Waals surface area contributed by atoms with Gasteiger partial charge in [-0.05, 0) is 31.2 Å². The lowest BCUT2D eigenvalue weighted by Crippen LogP contribution is -2.16. The first-order valence-corrected chi connectivity index (χ1v) is 8.51. The van der Waals surface area contributed by atoms with E-state index in [2.05, 4.69) is 25.3 Å². The lowest BCUT2D eigenvalue weighted by molar-refractivity contribution is 0.816. The van der Waals surface area contributed by atoms with Crippen LogP contribution in [0.1, 0.15) is 24.4 Å². The van der Waals surface area contributed by atoms with E-state index in [9.17, 15) is 4.79 Å². The molecule has 6 nitrogen and oxygen atoms in total. The maximum Gasteiger partial charge on any atom is 0.252 e. The molecule has 0 aromatic carbocycles. The van der Waals surface area contributed by atoms with Gasteiger partial charge in [-0.3, -0.25) is 14.8 Å². The minimum atomic E-state index is -0.183. The van der Waals surface area contributed by atoms with E-state index in [4.69, 9.17) is 0 Å². The van der Waals surface area contributed by atoms with Gasteiger partial charge in [0, 0.05) is 24.2 Å². The number of aromatic nitrogens is 4. The van der Waals surface area contributed by atoms with Crippen LogP contribution in [0.5, 0.6) is 0 Å². The third-order valence-corrected chi connectivity index (χ3v) is 4.26. The van der Waals surface area contributed by atoms with Gasteiger partial charge < -0.3 is 5.32 Å². The number of thioether (sulfide) groups is 1. The van der Waals surface area contributed by atoms with Crippen LogP contribution in [0.3, 0.4) is 0 Å². The van der Waals surface area contributed by atoms with Crippen LogP contribution < -0.4 is 10.9 Å². The first-order chi connectivity index (χ1) is 11.7. The Morgan fingerprint density at radius 2 is 1.96 bits per heavy atom. The van der Waals surface area contributed by atoms with Gasteiger partial charge in [0.2, 0.25) is 5.95 Å². The summed E-state index contributed by atoms with van der Waals surface area (Å²) < 4.78 is 0. The zero-order valence-corrected chi connectivity index (χ0v) is 14.0. The van der Waals surface area contributed by atoms with Crippen molar-refractivity contribution in [2.24, 2.45) is 0 Å². The van der Waals surface area contributed by atoms with Crippen LogP contribution in [0.4, 0.5) is 5.95 Å². The summed E-state index contributed by atoms with van der Waals surface area (Å²) in [4.78, 5) is 27.6. The number of aromatic amines is 1. The maximum atomic E-state index is 11.9. The average Bonchev–Trinajstić information content (AvgIpc) is 2.61. The van der Waals surface area contributed by atoms with Gasteiger partial charge >= 0.3 is 0 Å². The zero-order chi connectivity index (χ0) is 16.8. The fraction of sp³-hybridized carbons (Fsp3) is 0.176. The van der Waals surface area contributed by atoms with Crippen LogP contribution in [0, 0.1) is 0 Å². The Morgan fingerprint density at radius 3 is 2.67 bits per heavy atom. The number of anilines is 1. The van der Waals surface area contributed by atoms with Crippen molar-refractivity contribution < 1.29 is 0 Å². The second-order valence-electron chi connectivity index (χ2n) is 5.16. The summed E-state index contributed by atoms with van der Waals surface area (Å²) in [6, 6.07) is 12.9. The molecule has 0 bridgehead atoms. The predicted molar refractivity (Wildman–Crippen MR) is 94.9 cm³/mol. The standard InChI is InChI=1S/C17H17N5OS/c1-12(14-6-2-4-8-18-14)20-17-21-13(10-15(23)22-17)11-24-16-7-3-5-9-19-16/h2-10,12H,11H2,1H3,(H2,20,21,22,23). The fourth-order valence-electron chi connectivity index (χ4n) is 2.14. The molecule has 0 aliphatic heterocycles. The van der Waals surface area contributed by atoms with E-state index in [1.807, 2.05) is 43.3 Å². The molecule has 0 spiro atoms. The SMILES string of the molecule is CC(Nc1nc(CSc2ccccn2)cc(=O)[nH]1)c1ccccn1. The quantitative estimate of drug-likeness (QED) is 0.672. The van der Waals surface area contributed by atoms with E-state index in [1.165, 1.54) is 17.8 Å². The lowest BCUT2D eigenvalue weighted by Gasteiger charge is -2.14. The van der Waals surface area contributed by atoms with Crippen LogP contribution in [0.25, 0.3) is 0 Å². The molecule has 3 aromatic heterocycles. The Kier molecular flexibility index (Phi) is 5.22. The highest BCUT2D eigenvalue weighted by molar-refractivity contribution is 7.98. The van der Waals surface area contributed by atoms with Crippen molar-refractivity contribution in [3.8, 4) is 0 Å². The highest BCUT2D eigenvalue weighted by Gasteiger charge is 2.09. The molecule has 0 aliphatic carbocycles. The van der Waals surface area contributed by atoms with Crippen LogP contribution in [-0.2, 0) is 5.75 Å². The summed E-state index contributed by atoms with van der Waals surface area (Å²) in [7, 11) is 0. The number of hydrogen-bond acceptors (Lipinski definition) is 6. The first-order valence-electron chi connectivity index (χ1n) is 7.52. The summed E-state index contributed by atoms with van der Waals surface area (Å²) >= 11 is 1.54. The molecule has 3 rings (SSSR count). The molecule has 1 unspecified atom stereocenters. The van der Waals surface area contributed by atoms with E-state index in [0.29, 0.717) is 17.4 Å². The van der Waals surface area contributed by atoms with Gasteiger partial charge in [-0.2, -0.15) is 0 Å². The third-order valence-electron chi connectivity index (χ3n) is 3.29. The Bertz CT molecular complexity index is 838. The zero-order valence-electron chi connectivity index (χ0n) is 13.1. The molecular formula is C17H17N5OS. The molecule has 3 heterocycles. The molecule has 7 heteroatoms. The number of nitrogens with one attached hydrogen (secondary N) is 2. The minimum Gasteiger partial charge on any atom is -0.348 e. The Hall–Kier alpha value is -2.67. The summed E-state index contributed by atoms with van der Waals surface area (Å²) in [5.74, 6) is 1.02. The van der Waals surface area contributed by atoms with Gasteiger partial charge in [-0.1, -0.05) is 12.1 Å². The third kappa shape index (κ3) is 4.42. The molecular weight excluding hydrogens is 322 g/mol. The fourth-order valence-corrected chi connectivity index (χ4v) is 2.90. The monoisotopic (exact) mass is 339 g/mol. The minimum absolute atomic E-state index is 0.0620. The van der Waals surface area contributed by atoms with E-state index in [-0.39, 0.29) is 11.6 Å². The molecule has 2 N–H and O–H groups in total. The van der Waals surface area contributed by atoms with Crippen molar-refractivity contribution in [2.45, 2.75) is 23.7 Å².